The van der Waals surface area contributed by atoms with E-state index in [0.717, 1.165) is 12.0 Å². The predicted octanol–water partition coefficient (Wildman–Crippen LogP) is 3.84. The van der Waals surface area contributed by atoms with Crippen LogP contribution in [0.15, 0.2) is 18.3 Å². The molecule has 18 heavy (non-hydrogen) atoms. The molecule has 1 atom stereocenters. The number of halogens is 2. The minimum atomic E-state index is -2.44. The zero-order chi connectivity index (χ0) is 13.3. The fraction of sp³-hybridized carbons (Fsp3) is 0.643. The number of pyridine rings is 1. The molecule has 0 aromatic carbocycles. The van der Waals surface area contributed by atoms with Crippen LogP contribution in [0.5, 0.6) is 0 Å². The van der Waals surface area contributed by atoms with Crippen LogP contribution in [-0.2, 0) is 0 Å². The Kier molecular flexibility index (Phi) is 3.55. The molecule has 2 nitrogen and oxygen atoms in total. The van der Waals surface area contributed by atoms with Gasteiger partial charge in [-0.1, -0.05) is 19.9 Å². The number of hydrogen-bond acceptors (Lipinski definition) is 2. The number of nitrogens with two attached hydrogens (primary N) is 1. The molecule has 2 N–H and O–H groups in total. The Bertz CT molecular complexity index is 410. The first-order valence-electron chi connectivity index (χ1n) is 6.47. The van der Waals surface area contributed by atoms with E-state index >= 15 is 0 Å². The van der Waals surface area contributed by atoms with E-state index in [-0.39, 0.29) is 24.7 Å². The molecule has 0 amide bonds. The predicted molar refractivity (Wildman–Crippen MR) is 68.5 cm³/mol. The van der Waals surface area contributed by atoms with Crippen molar-refractivity contribution in [2.45, 2.75) is 45.0 Å². The van der Waals surface area contributed by atoms with Crippen LogP contribution in [-0.4, -0.2) is 10.9 Å². The highest BCUT2D eigenvalue weighted by Crippen LogP contribution is 2.48. The largest absolute Gasteiger partial charge is 0.383 e. The summed E-state index contributed by atoms with van der Waals surface area (Å²) in [4.78, 5) is 4.09. The summed E-state index contributed by atoms with van der Waals surface area (Å²) in [7, 11) is 0. The van der Waals surface area contributed by atoms with Gasteiger partial charge in [-0.05, 0) is 35.8 Å². The van der Waals surface area contributed by atoms with Gasteiger partial charge >= 0.3 is 0 Å². The van der Waals surface area contributed by atoms with Gasteiger partial charge in [0.05, 0.1) is 0 Å². The second-order valence-corrected chi connectivity index (χ2v) is 5.69. The summed E-state index contributed by atoms with van der Waals surface area (Å²) in [6, 6.07) is 3.82. The summed E-state index contributed by atoms with van der Waals surface area (Å²) < 4.78 is 25.8. The lowest BCUT2D eigenvalue weighted by Gasteiger charge is -2.38. The van der Waals surface area contributed by atoms with Crippen molar-refractivity contribution in [3.8, 4) is 0 Å². The van der Waals surface area contributed by atoms with Crippen molar-refractivity contribution in [3.05, 3.63) is 23.9 Å². The van der Waals surface area contributed by atoms with Gasteiger partial charge < -0.3 is 5.73 Å². The molecule has 1 aromatic rings. The van der Waals surface area contributed by atoms with Crippen LogP contribution < -0.4 is 5.73 Å². The lowest BCUT2D eigenvalue weighted by atomic mass is 9.72. The van der Waals surface area contributed by atoms with E-state index in [9.17, 15) is 8.78 Å². The molecule has 2 rings (SSSR count). The monoisotopic (exact) mass is 254 g/mol. The summed E-state index contributed by atoms with van der Waals surface area (Å²) >= 11 is 0. The fourth-order valence-corrected chi connectivity index (χ4v) is 2.81. The molecule has 0 saturated heterocycles. The number of anilines is 1. The van der Waals surface area contributed by atoms with Gasteiger partial charge in [0.1, 0.15) is 5.82 Å². The summed E-state index contributed by atoms with van der Waals surface area (Å²) in [5, 5.41) is 0. The van der Waals surface area contributed by atoms with Crippen molar-refractivity contribution in [3.63, 3.8) is 0 Å². The number of nitrogen functional groups attached to an aromatic ring is 1. The van der Waals surface area contributed by atoms with Crippen LogP contribution in [0.4, 0.5) is 14.6 Å². The number of alkyl halides is 2. The fourth-order valence-electron chi connectivity index (χ4n) is 2.81. The second kappa shape index (κ2) is 4.82. The molecule has 0 bridgehead atoms. The molecule has 100 valence electrons. The van der Waals surface area contributed by atoms with Crippen molar-refractivity contribution in [2.75, 3.05) is 5.73 Å². The lowest BCUT2D eigenvalue weighted by molar-refractivity contribution is -0.114. The Morgan fingerprint density at radius 2 is 2.11 bits per heavy atom. The van der Waals surface area contributed by atoms with Crippen molar-refractivity contribution < 1.29 is 8.78 Å². The van der Waals surface area contributed by atoms with Crippen LogP contribution in [0.3, 0.4) is 0 Å². The van der Waals surface area contributed by atoms with Crippen LogP contribution >= 0.6 is 0 Å². The third-order valence-electron chi connectivity index (χ3n) is 3.84. The molecule has 0 aliphatic heterocycles. The zero-order valence-electron chi connectivity index (χ0n) is 10.9. The van der Waals surface area contributed by atoms with E-state index < -0.39 is 5.92 Å². The topological polar surface area (TPSA) is 38.9 Å². The molecule has 1 fully saturated rings. The molecular formula is C14H20F2N2. The molecule has 0 radical (unpaired) electrons. The molecular weight excluding hydrogens is 234 g/mol. The van der Waals surface area contributed by atoms with Gasteiger partial charge in [-0.25, -0.2) is 13.8 Å². The molecule has 0 spiro atoms. The van der Waals surface area contributed by atoms with Crippen LogP contribution in [0.1, 0.15) is 44.6 Å². The number of aromatic nitrogens is 1. The highest BCUT2D eigenvalue weighted by Gasteiger charge is 2.46. The highest BCUT2D eigenvalue weighted by molar-refractivity contribution is 5.41. The average molecular weight is 254 g/mol. The quantitative estimate of drug-likeness (QED) is 0.886. The van der Waals surface area contributed by atoms with Crippen LogP contribution in [0.25, 0.3) is 0 Å². The third-order valence-corrected chi connectivity index (χ3v) is 3.84. The Balaban J connectivity index is 2.08. The van der Waals surface area contributed by atoms with Crippen molar-refractivity contribution in [2.24, 2.45) is 11.8 Å². The summed E-state index contributed by atoms with van der Waals surface area (Å²) in [5.74, 6) is -1.19. The van der Waals surface area contributed by atoms with Gasteiger partial charge in [-0.15, -0.1) is 0 Å². The zero-order valence-corrected chi connectivity index (χ0v) is 10.9. The minimum absolute atomic E-state index is 0.0242. The van der Waals surface area contributed by atoms with Gasteiger partial charge in [0.15, 0.2) is 0 Å². The van der Waals surface area contributed by atoms with Crippen molar-refractivity contribution in [1.82, 2.24) is 4.98 Å². The van der Waals surface area contributed by atoms with Crippen LogP contribution in [0, 0.1) is 11.8 Å². The lowest BCUT2D eigenvalue weighted by Crippen LogP contribution is -2.36. The first kappa shape index (κ1) is 13.2. The van der Waals surface area contributed by atoms with Gasteiger partial charge in [-0.3, -0.25) is 0 Å². The van der Waals surface area contributed by atoms with Crippen molar-refractivity contribution in [1.29, 1.82) is 0 Å². The summed E-state index contributed by atoms with van der Waals surface area (Å²) in [5.41, 5.74) is 6.89. The van der Waals surface area contributed by atoms with Crippen molar-refractivity contribution >= 4 is 5.82 Å². The molecule has 1 aromatic heterocycles. The van der Waals surface area contributed by atoms with E-state index in [4.69, 9.17) is 5.73 Å². The molecule has 1 saturated carbocycles. The maximum absolute atomic E-state index is 12.9. The summed E-state index contributed by atoms with van der Waals surface area (Å²) in [6.07, 6.45) is 2.49. The maximum Gasteiger partial charge on any atom is 0.248 e. The van der Waals surface area contributed by atoms with E-state index in [0.29, 0.717) is 11.7 Å². The van der Waals surface area contributed by atoms with E-state index in [1.807, 2.05) is 12.1 Å². The Hall–Kier alpha value is -1.19. The van der Waals surface area contributed by atoms with Gasteiger partial charge in [-0.2, -0.15) is 0 Å². The van der Waals surface area contributed by atoms with E-state index in [1.165, 1.54) is 0 Å². The van der Waals surface area contributed by atoms with Gasteiger partial charge in [0, 0.05) is 19.0 Å². The SMILES string of the molecule is CC(C)[C@H](CC1CC(F)(F)C1)c1cccnc1N. The first-order valence-corrected chi connectivity index (χ1v) is 6.47. The molecule has 0 unspecified atom stereocenters. The number of hydrogen-bond donors (Lipinski definition) is 1. The Morgan fingerprint density at radius 3 is 2.61 bits per heavy atom. The molecule has 1 heterocycles. The minimum Gasteiger partial charge on any atom is -0.383 e. The van der Waals surface area contributed by atoms with Crippen LogP contribution in [0.2, 0.25) is 0 Å². The molecule has 4 heteroatoms. The number of nitrogens with zero attached hydrogens (tertiary/aromatic N) is 1. The van der Waals surface area contributed by atoms with Gasteiger partial charge in [0.25, 0.3) is 0 Å². The van der Waals surface area contributed by atoms with E-state index in [1.54, 1.807) is 6.20 Å². The second-order valence-electron chi connectivity index (χ2n) is 5.69. The van der Waals surface area contributed by atoms with E-state index in [2.05, 4.69) is 18.8 Å². The smallest absolute Gasteiger partial charge is 0.248 e. The Labute approximate surface area is 107 Å². The average Bonchev–Trinajstić information content (AvgIpc) is 2.24. The standard InChI is InChI=1S/C14H20F2N2/c1-9(2)12(6-10-7-14(15,16)8-10)11-4-3-5-18-13(11)17/h3-5,9-10,12H,6-8H2,1-2H3,(H2,17,18)/t12-/m0/s1. The Morgan fingerprint density at radius 1 is 1.44 bits per heavy atom. The number of rotatable bonds is 4. The molecule has 1 aliphatic rings. The normalized spacial score (nSPS) is 20.7. The summed E-state index contributed by atoms with van der Waals surface area (Å²) in [6.45, 7) is 4.21. The maximum atomic E-state index is 12.9. The highest BCUT2D eigenvalue weighted by atomic mass is 19.3. The first-order chi connectivity index (χ1) is 8.39. The molecule has 1 aliphatic carbocycles. The van der Waals surface area contributed by atoms with Gasteiger partial charge in [0.2, 0.25) is 5.92 Å². The third kappa shape index (κ3) is 2.79.